The van der Waals surface area contributed by atoms with Crippen LogP contribution < -0.4 is 5.32 Å². The van der Waals surface area contributed by atoms with Gasteiger partial charge in [-0.15, -0.1) is 0 Å². The van der Waals surface area contributed by atoms with Gasteiger partial charge in [-0.1, -0.05) is 36.4 Å². The summed E-state index contributed by atoms with van der Waals surface area (Å²) in [5, 5.41) is 12.1. The Morgan fingerprint density at radius 2 is 1.84 bits per heavy atom. The summed E-state index contributed by atoms with van der Waals surface area (Å²) < 4.78 is 17.2. The van der Waals surface area contributed by atoms with Gasteiger partial charge < -0.3 is 5.32 Å². The number of aryl methyl sites for hydroxylation is 1. The van der Waals surface area contributed by atoms with Crippen molar-refractivity contribution < 1.29 is 9.18 Å². The molecule has 0 aliphatic rings. The van der Waals surface area contributed by atoms with Crippen molar-refractivity contribution in [2.75, 3.05) is 5.32 Å². The SMILES string of the molecule is Cn1cc(-c2cc(C(=O)Nc3cnn(Cc4ccccc4F)c3)c3ccccc3n2)cn1. The maximum absolute atomic E-state index is 13.9. The molecule has 1 amide bonds. The number of nitrogens with zero attached hydrogens (tertiary/aromatic N) is 5. The average molecular weight is 426 g/mol. The lowest BCUT2D eigenvalue weighted by Crippen LogP contribution is -2.12. The van der Waals surface area contributed by atoms with E-state index in [4.69, 9.17) is 0 Å². The molecule has 0 unspecified atom stereocenters. The molecule has 3 aromatic heterocycles. The first-order chi connectivity index (χ1) is 15.6. The zero-order valence-electron chi connectivity index (χ0n) is 17.2. The van der Waals surface area contributed by atoms with E-state index in [1.165, 1.54) is 6.07 Å². The van der Waals surface area contributed by atoms with Crippen LogP contribution in [0.4, 0.5) is 10.1 Å². The second-order valence-corrected chi connectivity index (χ2v) is 7.45. The number of benzene rings is 2. The van der Waals surface area contributed by atoms with Crippen molar-refractivity contribution in [1.29, 1.82) is 0 Å². The summed E-state index contributed by atoms with van der Waals surface area (Å²) in [6.45, 7) is 0.270. The highest BCUT2D eigenvalue weighted by Crippen LogP contribution is 2.25. The molecular weight excluding hydrogens is 407 g/mol. The van der Waals surface area contributed by atoms with Gasteiger partial charge in [0.25, 0.3) is 5.91 Å². The van der Waals surface area contributed by atoms with Crippen LogP contribution in [0.5, 0.6) is 0 Å². The van der Waals surface area contributed by atoms with E-state index < -0.39 is 0 Å². The highest BCUT2D eigenvalue weighted by Gasteiger charge is 2.16. The first-order valence-electron chi connectivity index (χ1n) is 10.0. The highest BCUT2D eigenvalue weighted by atomic mass is 19.1. The molecule has 5 aromatic rings. The molecule has 1 N–H and O–H groups in total. The molecule has 2 aromatic carbocycles. The number of halogens is 1. The number of carbonyl (C=O) groups is 1. The van der Waals surface area contributed by atoms with Crippen molar-refractivity contribution >= 4 is 22.5 Å². The third-order valence-electron chi connectivity index (χ3n) is 5.14. The molecule has 32 heavy (non-hydrogen) atoms. The maximum Gasteiger partial charge on any atom is 0.256 e. The van der Waals surface area contributed by atoms with E-state index in [2.05, 4.69) is 20.5 Å². The monoisotopic (exact) mass is 426 g/mol. The number of nitrogens with one attached hydrogen (secondary N) is 1. The van der Waals surface area contributed by atoms with Gasteiger partial charge in [-0.25, -0.2) is 9.37 Å². The molecule has 7 nitrogen and oxygen atoms in total. The maximum atomic E-state index is 13.9. The van der Waals surface area contributed by atoms with E-state index >= 15 is 0 Å². The Balaban J connectivity index is 1.44. The number of anilines is 1. The van der Waals surface area contributed by atoms with E-state index in [0.29, 0.717) is 28.0 Å². The zero-order chi connectivity index (χ0) is 22.1. The summed E-state index contributed by atoms with van der Waals surface area (Å²) in [6, 6.07) is 15.8. The van der Waals surface area contributed by atoms with Crippen molar-refractivity contribution in [3.63, 3.8) is 0 Å². The Kier molecular flexibility index (Phi) is 4.95. The number of para-hydroxylation sites is 1. The molecule has 0 aliphatic heterocycles. The number of rotatable bonds is 5. The third kappa shape index (κ3) is 3.85. The summed E-state index contributed by atoms with van der Waals surface area (Å²) in [4.78, 5) is 17.9. The molecule has 0 fully saturated rings. The molecule has 0 saturated heterocycles. The number of hydrogen-bond donors (Lipinski definition) is 1. The number of carbonyl (C=O) groups excluding carboxylic acids is 1. The predicted octanol–water partition coefficient (Wildman–Crippen LogP) is 4.27. The van der Waals surface area contributed by atoms with Crippen LogP contribution in [0.3, 0.4) is 0 Å². The van der Waals surface area contributed by atoms with E-state index in [9.17, 15) is 9.18 Å². The zero-order valence-corrected chi connectivity index (χ0v) is 17.2. The topological polar surface area (TPSA) is 77.6 Å². The number of pyridine rings is 1. The number of hydrogen-bond acceptors (Lipinski definition) is 4. The second kappa shape index (κ2) is 8.07. The first kappa shape index (κ1) is 19.6. The molecule has 3 heterocycles. The van der Waals surface area contributed by atoms with Crippen molar-refractivity contribution in [2.45, 2.75) is 6.54 Å². The Hall–Kier alpha value is -4.33. The Bertz CT molecular complexity index is 1440. The summed E-state index contributed by atoms with van der Waals surface area (Å²) >= 11 is 0. The lowest BCUT2D eigenvalue weighted by molar-refractivity contribution is 0.102. The molecule has 8 heteroatoms. The van der Waals surface area contributed by atoms with Crippen molar-refractivity contribution in [3.8, 4) is 11.3 Å². The van der Waals surface area contributed by atoms with E-state index in [0.717, 1.165) is 10.9 Å². The summed E-state index contributed by atoms with van der Waals surface area (Å²) in [7, 11) is 1.83. The van der Waals surface area contributed by atoms with Gasteiger partial charge in [0.05, 0.1) is 41.4 Å². The molecular formula is C24H19FN6O. The lowest BCUT2D eigenvalue weighted by atomic mass is 10.0. The van der Waals surface area contributed by atoms with Gasteiger partial charge in [0, 0.05) is 36.0 Å². The Morgan fingerprint density at radius 1 is 1.03 bits per heavy atom. The molecule has 5 rings (SSSR count). The van der Waals surface area contributed by atoms with Crippen LogP contribution in [-0.4, -0.2) is 30.5 Å². The number of fused-ring (bicyclic) bond motifs is 1. The minimum absolute atomic E-state index is 0.270. The van der Waals surface area contributed by atoms with Crippen LogP contribution >= 0.6 is 0 Å². The molecule has 0 saturated carbocycles. The van der Waals surface area contributed by atoms with Crippen LogP contribution in [0.2, 0.25) is 0 Å². The van der Waals surface area contributed by atoms with Crippen molar-refractivity contribution in [3.05, 3.63) is 96.3 Å². The van der Waals surface area contributed by atoms with Crippen molar-refractivity contribution in [2.24, 2.45) is 7.05 Å². The van der Waals surface area contributed by atoms with E-state index in [1.807, 2.05) is 37.5 Å². The quantitative estimate of drug-likeness (QED) is 0.455. The molecule has 0 bridgehead atoms. The number of amides is 1. The molecule has 0 radical (unpaired) electrons. The summed E-state index contributed by atoms with van der Waals surface area (Å²) in [5.41, 5.74) is 3.75. The summed E-state index contributed by atoms with van der Waals surface area (Å²) in [6.07, 6.45) is 6.79. The largest absolute Gasteiger partial charge is 0.319 e. The van der Waals surface area contributed by atoms with Gasteiger partial charge in [-0.3, -0.25) is 14.2 Å². The van der Waals surface area contributed by atoms with Crippen LogP contribution in [0.25, 0.3) is 22.2 Å². The van der Waals surface area contributed by atoms with Gasteiger partial charge in [-0.2, -0.15) is 10.2 Å². The van der Waals surface area contributed by atoms with Crippen LogP contribution in [-0.2, 0) is 13.6 Å². The normalized spacial score (nSPS) is 11.1. The Morgan fingerprint density at radius 3 is 2.66 bits per heavy atom. The molecule has 0 spiro atoms. The molecule has 0 aliphatic carbocycles. The van der Waals surface area contributed by atoms with Crippen molar-refractivity contribution in [1.82, 2.24) is 24.5 Å². The first-order valence-corrected chi connectivity index (χ1v) is 10.0. The smallest absolute Gasteiger partial charge is 0.256 e. The predicted molar refractivity (Wildman–Crippen MR) is 120 cm³/mol. The van der Waals surface area contributed by atoms with E-state index in [-0.39, 0.29) is 18.3 Å². The van der Waals surface area contributed by atoms with E-state index in [1.54, 1.807) is 52.2 Å². The van der Waals surface area contributed by atoms with Gasteiger partial charge in [0.2, 0.25) is 0 Å². The van der Waals surface area contributed by atoms with Crippen LogP contribution in [0.15, 0.2) is 79.4 Å². The molecule has 158 valence electrons. The highest BCUT2D eigenvalue weighted by molar-refractivity contribution is 6.13. The fourth-order valence-corrected chi connectivity index (χ4v) is 3.58. The van der Waals surface area contributed by atoms with Gasteiger partial charge in [-0.05, 0) is 18.2 Å². The average Bonchev–Trinajstić information content (AvgIpc) is 3.43. The minimum Gasteiger partial charge on any atom is -0.319 e. The second-order valence-electron chi connectivity index (χ2n) is 7.45. The fraction of sp³-hybridized carbons (Fsp3) is 0.0833. The third-order valence-corrected chi connectivity index (χ3v) is 5.14. The van der Waals surface area contributed by atoms with Gasteiger partial charge in [0.1, 0.15) is 5.82 Å². The molecule has 0 atom stereocenters. The Labute approximate surface area is 183 Å². The van der Waals surface area contributed by atoms with Crippen LogP contribution in [0, 0.1) is 5.82 Å². The fourth-order valence-electron chi connectivity index (χ4n) is 3.58. The van der Waals surface area contributed by atoms with Gasteiger partial charge >= 0.3 is 0 Å². The minimum atomic E-state index is -0.292. The summed E-state index contributed by atoms with van der Waals surface area (Å²) in [5.74, 6) is -0.570. The standard InChI is InChI=1S/C24H19FN6O/c1-30-13-17(11-26-30)23-10-20(19-7-3-5-9-22(19)29-23)24(32)28-18-12-27-31(15-18)14-16-6-2-4-8-21(16)25/h2-13,15H,14H2,1H3,(H,28,32). The van der Waals surface area contributed by atoms with Crippen LogP contribution in [0.1, 0.15) is 15.9 Å². The lowest BCUT2D eigenvalue weighted by Gasteiger charge is -2.09. The number of aromatic nitrogens is 5. The van der Waals surface area contributed by atoms with Gasteiger partial charge in [0.15, 0.2) is 0 Å².